The van der Waals surface area contributed by atoms with E-state index in [-0.39, 0.29) is 17.7 Å². The lowest BCUT2D eigenvalue weighted by atomic mass is 9.74. The van der Waals surface area contributed by atoms with Crippen molar-refractivity contribution < 1.29 is 14.1 Å². The number of carbonyl (C=O) groups is 2. The number of rotatable bonds is 6. The minimum absolute atomic E-state index is 0.00349. The third-order valence-electron chi connectivity index (χ3n) is 6.30. The van der Waals surface area contributed by atoms with Crippen molar-refractivity contribution in [2.75, 3.05) is 19.6 Å². The van der Waals surface area contributed by atoms with Crippen LogP contribution in [0.25, 0.3) is 11.3 Å². The van der Waals surface area contributed by atoms with Crippen molar-refractivity contribution in [3.8, 4) is 11.3 Å². The summed E-state index contributed by atoms with van der Waals surface area (Å²) in [6.07, 6.45) is 5.11. The molecule has 1 unspecified atom stereocenters. The predicted octanol–water partition coefficient (Wildman–Crippen LogP) is 3.43. The van der Waals surface area contributed by atoms with Crippen LogP contribution in [0.4, 0.5) is 0 Å². The molecule has 0 bridgehead atoms. The molecule has 2 heterocycles. The van der Waals surface area contributed by atoms with Gasteiger partial charge < -0.3 is 14.7 Å². The van der Waals surface area contributed by atoms with Crippen LogP contribution in [-0.2, 0) is 16.0 Å². The second-order valence-corrected chi connectivity index (χ2v) is 8.35. The molecule has 0 spiro atoms. The summed E-state index contributed by atoms with van der Waals surface area (Å²) in [6.45, 7) is 3.69. The number of hydrogen-bond donors (Lipinski definition) is 1. The van der Waals surface area contributed by atoms with Crippen molar-refractivity contribution in [1.82, 2.24) is 15.4 Å². The molecule has 6 nitrogen and oxygen atoms in total. The van der Waals surface area contributed by atoms with Gasteiger partial charge in [0.2, 0.25) is 11.8 Å². The van der Waals surface area contributed by atoms with Gasteiger partial charge in [0, 0.05) is 43.6 Å². The molecule has 1 aliphatic carbocycles. The van der Waals surface area contributed by atoms with Crippen LogP contribution >= 0.6 is 0 Å². The maximum absolute atomic E-state index is 13.1. The molecule has 4 rings (SSSR count). The van der Waals surface area contributed by atoms with Crippen LogP contribution in [-0.4, -0.2) is 41.5 Å². The second-order valence-electron chi connectivity index (χ2n) is 8.35. The first-order valence-electron chi connectivity index (χ1n) is 10.7. The number of piperidine rings is 1. The lowest BCUT2D eigenvalue weighted by Crippen LogP contribution is -2.55. The van der Waals surface area contributed by atoms with Crippen LogP contribution in [0.15, 0.2) is 40.9 Å². The summed E-state index contributed by atoms with van der Waals surface area (Å²) in [6, 6.07) is 11.8. The van der Waals surface area contributed by atoms with E-state index in [2.05, 4.69) is 10.5 Å². The van der Waals surface area contributed by atoms with E-state index in [0.717, 1.165) is 49.9 Å². The quantitative estimate of drug-likeness (QED) is 0.813. The summed E-state index contributed by atoms with van der Waals surface area (Å²) >= 11 is 0. The van der Waals surface area contributed by atoms with Gasteiger partial charge in [-0.2, -0.15) is 0 Å². The number of aromatic nitrogens is 1. The molecule has 1 aliphatic heterocycles. The first kappa shape index (κ1) is 19.7. The van der Waals surface area contributed by atoms with E-state index in [1.165, 1.54) is 0 Å². The van der Waals surface area contributed by atoms with Gasteiger partial charge in [-0.15, -0.1) is 0 Å². The topological polar surface area (TPSA) is 75.4 Å². The third kappa shape index (κ3) is 4.07. The fraction of sp³-hybridized carbons (Fsp3) is 0.522. The average Bonchev–Trinajstić information content (AvgIpc) is 3.16. The van der Waals surface area contributed by atoms with Crippen LogP contribution in [0.5, 0.6) is 0 Å². The molecule has 1 saturated heterocycles. The maximum Gasteiger partial charge on any atom is 0.228 e. The number of amides is 2. The summed E-state index contributed by atoms with van der Waals surface area (Å²) in [7, 11) is 0. The molecule has 0 radical (unpaired) electrons. The Morgan fingerprint density at radius 1 is 1.24 bits per heavy atom. The summed E-state index contributed by atoms with van der Waals surface area (Å²) < 4.78 is 5.62. The minimum atomic E-state index is -0.666. The summed E-state index contributed by atoms with van der Waals surface area (Å²) in [5, 5.41) is 7.20. The Morgan fingerprint density at radius 2 is 2.03 bits per heavy atom. The molecule has 1 aromatic heterocycles. The Kier molecular flexibility index (Phi) is 5.69. The molecular weight excluding hydrogens is 366 g/mol. The zero-order valence-electron chi connectivity index (χ0n) is 17.0. The standard InChI is InChI=1S/C23H29N3O3/c1-2-24-22(28)23(12-7-13-26(16-23)21(27)18-10-6-11-18)15-19-14-20(25-29-19)17-8-4-3-5-9-17/h3-5,8-9,14,18H,2,6-7,10-13,15-16H2,1H3,(H,24,28). The van der Waals surface area contributed by atoms with Crippen molar-refractivity contribution in [2.45, 2.75) is 45.4 Å². The molecule has 1 aromatic carbocycles. The molecule has 2 aliphatic rings. The number of nitrogens with one attached hydrogen (secondary N) is 1. The highest BCUT2D eigenvalue weighted by Gasteiger charge is 2.45. The van der Waals surface area contributed by atoms with Crippen molar-refractivity contribution in [1.29, 1.82) is 0 Å². The van der Waals surface area contributed by atoms with E-state index in [4.69, 9.17) is 4.52 Å². The Labute approximate surface area is 171 Å². The molecule has 154 valence electrons. The monoisotopic (exact) mass is 395 g/mol. The predicted molar refractivity (Wildman–Crippen MR) is 110 cm³/mol. The van der Waals surface area contributed by atoms with Crippen molar-refractivity contribution in [3.63, 3.8) is 0 Å². The van der Waals surface area contributed by atoms with Gasteiger partial charge in [0.25, 0.3) is 0 Å². The Bertz CT molecular complexity index is 859. The molecule has 1 N–H and O–H groups in total. The molecule has 2 fully saturated rings. The van der Waals surface area contributed by atoms with Crippen LogP contribution in [0.1, 0.15) is 44.8 Å². The molecular formula is C23H29N3O3. The zero-order chi connectivity index (χ0) is 20.3. The highest BCUT2D eigenvalue weighted by molar-refractivity contribution is 5.85. The van der Waals surface area contributed by atoms with E-state index in [9.17, 15) is 9.59 Å². The molecule has 29 heavy (non-hydrogen) atoms. The summed E-state index contributed by atoms with van der Waals surface area (Å²) in [4.78, 5) is 27.9. The molecule has 2 aromatic rings. The fourth-order valence-electron chi connectivity index (χ4n) is 4.47. The Balaban J connectivity index is 1.56. The van der Waals surface area contributed by atoms with E-state index in [1.54, 1.807) is 0 Å². The average molecular weight is 396 g/mol. The number of likely N-dealkylation sites (tertiary alicyclic amines) is 1. The third-order valence-corrected chi connectivity index (χ3v) is 6.30. The smallest absolute Gasteiger partial charge is 0.228 e. The van der Waals surface area contributed by atoms with Crippen LogP contribution in [0, 0.1) is 11.3 Å². The number of hydrogen-bond acceptors (Lipinski definition) is 4. The maximum atomic E-state index is 13.1. The van der Waals surface area contributed by atoms with Crippen molar-refractivity contribution in [2.24, 2.45) is 11.3 Å². The Morgan fingerprint density at radius 3 is 2.72 bits per heavy atom. The lowest BCUT2D eigenvalue weighted by molar-refractivity contribution is -0.146. The Hall–Kier alpha value is -2.63. The van der Waals surface area contributed by atoms with Crippen LogP contribution < -0.4 is 5.32 Å². The molecule has 1 saturated carbocycles. The van der Waals surface area contributed by atoms with Gasteiger partial charge in [0.15, 0.2) is 0 Å². The SMILES string of the molecule is CCNC(=O)C1(Cc2cc(-c3ccccc3)no2)CCCN(C(=O)C2CCC2)C1. The van der Waals surface area contributed by atoms with Gasteiger partial charge >= 0.3 is 0 Å². The first-order chi connectivity index (χ1) is 14.1. The lowest BCUT2D eigenvalue weighted by Gasteiger charge is -2.43. The largest absolute Gasteiger partial charge is 0.361 e. The van der Waals surface area contributed by atoms with Crippen LogP contribution in [0.2, 0.25) is 0 Å². The highest BCUT2D eigenvalue weighted by atomic mass is 16.5. The van der Waals surface area contributed by atoms with Crippen LogP contribution in [0.3, 0.4) is 0 Å². The second kappa shape index (κ2) is 8.39. The van der Waals surface area contributed by atoms with Gasteiger partial charge in [-0.05, 0) is 32.6 Å². The summed E-state index contributed by atoms with van der Waals surface area (Å²) in [5.41, 5.74) is 1.09. The van der Waals surface area contributed by atoms with Gasteiger partial charge in [-0.1, -0.05) is 41.9 Å². The van der Waals surface area contributed by atoms with E-state index < -0.39 is 5.41 Å². The fourth-order valence-corrected chi connectivity index (χ4v) is 4.47. The molecule has 1 atom stereocenters. The van der Waals surface area contributed by atoms with E-state index in [1.807, 2.05) is 48.2 Å². The molecule has 6 heteroatoms. The van der Waals surface area contributed by atoms with E-state index in [0.29, 0.717) is 25.3 Å². The first-order valence-corrected chi connectivity index (χ1v) is 10.7. The minimum Gasteiger partial charge on any atom is -0.361 e. The molecule has 2 amide bonds. The van der Waals surface area contributed by atoms with Gasteiger partial charge in [0.05, 0.1) is 5.41 Å². The van der Waals surface area contributed by atoms with Gasteiger partial charge in [-0.25, -0.2) is 0 Å². The van der Waals surface area contributed by atoms with Gasteiger partial charge in [0.1, 0.15) is 11.5 Å². The van der Waals surface area contributed by atoms with E-state index >= 15 is 0 Å². The highest BCUT2D eigenvalue weighted by Crippen LogP contribution is 2.37. The summed E-state index contributed by atoms with van der Waals surface area (Å²) in [5.74, 6) is 1.05. The number of carbonyl (C=O) groups excluding carboxylic acids is 2. The number of benzene rings is 1. The number of nitrogens with zero attached hydrogens (tertiary/aromatic N) is 2. The normalized spacial score (nSPS) is 22.2. The van der Waals surface area contributed by atoms with Crippen molar-refractivity contribution in [3.05, 3.63) is 42.2 Å². The van der Waals surface area contributed by atoms with Gasteiger partial charge in [-0.3, -0.25) is 9.59 Å². The zero-order valence-corrected chi connectivity index (χ0v) is 17.0. The van der Waals surface area contributed by atoms with Crippen molar-refractivity contribution >= 4 is 11.8 Å².